The Balaban J connectivity index is 1.41. The third-order valence-electron chi connectivity index (χ3n) is 6.99. The third-order valence-corrected chi connectivity index (χ3v) is 7.26. The molecule has 9 heteroatoms. The molecule has 0 atom stereocenters. The molecule has 0 saturated carbocycles. The minimum Gasteiger partial charge on any atom is -0.384 e. The van der Waals surface area contributed by atoms with Gasteiger partial charge in [-0.05, 0) is 28.7 Å². The smallest absolute Gasteiger partial charge is 0.294 e. The second-order valence-corrected chi connectivity index (χ2v) is 10.3. The summed E-state index contributed by atoms with van der Waals surface area (Å²) < 4.78 is 1.37. The Bertz CT molecular complexity index is 1770. The fourth-order valence-electron chi connectivity index (χ4n) is 4.70. The van der Waals surface area contributed by atoms with E-state index in [-0.39, 0.29) is 35.8 Å². The van der Waals surface area contributed by atoms with Crippen molar-refractivity contribution >= 4 is 29.2 Å². The van der Waals surface area contributed by atoms with Crippen LogP contribution in [-0.4, -0.2) is 27.8 Å². The van der Waals surface area contributed by atoms with Crippen LogP contribution < -0.4 is 21.9 Å². The Kier molecular flexibility index (Phi) is 9.29. The molecule has 0 aliphatic rings. The van der Waals surface area contributed by atoms with E-state index in [9.17, 15) is 9.59 Å². The fourth-order valence-corrected chi connectivity index (χ4v) is 5.00. The van der Waals surface area contributed by atoms with Gasteiger partial charge in [0, 0.05) is 24.2 Å². The van der Waals surface area contributed by atoms with E-state index in [1.807, 2.05) is 84.9 Å². The van der Waals surface area contributed by atoms with Gasteiger partial charge >= 0.3 is 0 Å². The topological polar surface area (TPSA) is 126 Å². The van der Waals surface area contributed by atoms with Crippen LogP contribution in [0.15, 0.2) is 114 Å². The average molecular weight is 591 g/mol. The summed E-state index contributed by atoms with van der Waals surface area (Å²) in [4.78, 5) is 31.3. The lowest BCUT2D eigenvalue weighted by atomic mass is 10.0. The molecule has 216 valence electrons. The molecule has 1 aromatic heterocycles. The van der Waals surface area contributed by atoms with Gasteiger partial charge in [0.1, 0.15) is 12.4 Å². The molecular formula is C34H31ClN6O2. The highest BCUT2D eigenvalue weighted by atomic mass is 35.5. The molecule has 5 rings (SSSR count). The number of amidine groups is 1. The number of carbonyl (C=O) groups excluding carboxylic acids is 1. The largest absolute Gasteiger partial charge is 0.384 e. The summed E-state index contributed by atoms with van der Waals surface area (Å²) in [5.41, 5.74) is 10.7. The molecule has 5 aromatic rings. The van der Waals surface area contributed by atoms with E-state index in [1.54, 1.807) is 24.3 Å². The number of hydrogen-bond donors (Lipinski definition) is 4. The van der Waals surface area contributed by atoms with Gasteiger partial charge in [0.25, 0.3) is 5.56 Å². The van der Waals surface area contributed by atoms with Crippen molar-refractivity contribution < 1.29 is 4.79 Å². The van der Waals surface area contributed by atoms with Gasteiger partial charge in [-0.3, -0.25) is 19.6 Å². The number of rotatable bonds is 11. The highest BCUT2D eigenvalue weighted by molar-refractivity contribution is 6.32. The summed E-state index contributed by atoms with van der Waals surface area (Å²) >= 11 is 6.72. The Morgan fingerprint density at radius 2 is 1.42 bits per heavy atom. The van der Waals surface area contributed by atoms with Crippen molar-refractivity contribution in [3.8, 4) is 22.4 Å². The van der Waals surface area contributed by atoms with Crippen LogP contribution in [0.2, 0.25) is 5.15 Å². The minimum absolute atomic E-state index is 0.0259. The fraction of sp³-hybridized carbons (Fsp3) is 0.118. The first-order valence-electron chi connectivity index (χ1n) is 13.8. The monoisotopic (exact) mass is 590 g/mol. The number of nitrogens with one attached hydrogen (secondary N) is 3. The lowest BCUT2D eigenvalue weighted by Gasteiger charge is -2.17. The Morgan fingerprint density at radius 1 is 0.814 bits per heavy atom. The van der Waals surface area contributed by atoms with E-state index in [2.05, 4.69) is 15.6 Å². The number of amides is 1. The third kappa shape index (κ3) is 7.36. The van der Waals surface area contributed by atoms with Crippen molar-refractivity contribution in [1.29, 1.82) is 5.41 Å². The van der Waals surface area contributed by atoms with Crippen LogP contribution in [0.5, 0.6) is 0 Å². The summed E-state index contributed by atoms with van der Waals surface area (Å²) in [7, 11) is 0. The number of aromatic nitrogens is 2. The van der Waals surface area contributed by atoms with E-state index in [0.717, 1.165) is 22.3 Å². The van der Waals surface area contributed by atoms with Gasteiger partial charge in [-0.2, -0.15) is 0 Å². The molecule has 0 spiro atoms. The van der Waals surface area contributed by atoms with Gasteiger partial charge in [-0.25, -0.2) is 4.98 Å². The summed E-state index contributed by atoms with van der Waals surface area (Å²) in [6.07, 6.45) is 0.686. The van der Waals surface area contributed by atoms with Crippen LogP contribution in [0.4, 0.5) is 5.82 Å². The summed E-state index contributed by atoms with van der Waals surface area (Å²) in [6.45, 7) is 0.458. The first-order valence-corrected chi connectivity index (χ1v) is 14.2. The highest BCUT2D eigenvalue weighted by Gasteiger charge is 2.19. The molecule has 0 radical (unpaired) electrons. The van der Waals surface area contributed by atoms with Gasteiger partial charge in [-0.15, -0.1) is 0 Å². The maximum atomic E-state index is 13.7. The van der Waals surface area contributed by atoms with Gasteiger partial charge < -0.3 is 16.4 Å². The van der Waals surface area contributed by atoms with E-state index in [4.69, 9.17) is 22.7 Å². The Labute approximate surface area is 254 Å². The second kappa shape index (κ2) is 13.6. The molecule has 0 fully saturated rings. The number of nitrogens with two attached hydrogens (primary N) is 1. The zero-order valence-corrected chi connectivity index (χ0v) is 24.1. The van der Waals surface area contributed by atoms with Gasteiger partial charge in [0.05, 0.1) is 5.69 Å². The normalized spacial score (nSPS) is 10.7. The van der Waals surface area contributed by atoms with Crippen molar-refractivity contribution in [2.75, 3.05) is 11.9 Å². The van der Waals surface area contributed by atoms with E-state index >= 15 is 0 Å². The van der Waals surface area contributed by atoms with Crippen molar-refractivity contribution in [3.63, 3.8) is 0 Å². The summed E-state index contributed by atoms with van der Waals surface area (Å²) in [5, 5.41) is 13.6. The Hall–Kier alpha value is -5.21. The number of nitrogen functional groups attached to an aromatic ring is 1. The van der Waals surface area contributed by atoms with Crippen molar-refractivity contribution in [1.82, 2.24) is 14.9 Å². The minimum atomic E-state index is -0.444. The number of benzene rings is 4. The van der Waals surface area contributed by atoms with Crippen molar-refractivity contribution in [2.45, 2.75) is 19.5 Å². The lowest BCUT2D eigenvalue weighted by Crippen LogP contribution is -2.34. The van der Waals surface area contributed by atoms with Crippen LogP contribution in [0.1, 0.15) is 16.7 Å². The van der Waals surface area contributed by atoms with Gasteiger partial charge in [0.15, 0.2) is 11.0 Å². The van der Waals surface area contributed by atoms with Crippen LogP contribution in [0.25, 0.3) is 22.4 Å². The highest BCUT2D eigenvalue weighted by Crippen LogP contribution is 2.29. The molecule has 0 saturated heterocycles. The molecule has 0 unspecified atom stereocenters. The maximum absolute atomic E-state index is 13.7. The molecule has 4 aromatic carbocycles. The summed E-state index contributed by atoms with van der Waals surface area (Å²) in [6, 6.07) is 34.5. The van der Waals surface area contributed by atoms with Crippen molar-refractivity contribution in [2.24, 2.45) is 5.73 Å². The standard InChI is InChI=1S/C34H31ClN6O2/c35-31-30(27-17-15-26(16-18-27)25-9-5-2-6-10-25)41(22-29(42)39-21-24-11-13-28(14-12-24)32(36)37)34(43)33(40-31)38-20-19-23-7-3-1-4-8-23/h1-18H,19-22H2,(H3,36,37)(H,38,40)(H,39,42). The second-order valence-electron chi connectivity index (χ2n) is 9.98. The lowest BCUT2D eigenvalue weighted by molar-refractivity contribution is -0.121. The Morgan fingerprint density at radius 3 is 2.07 bits per heavy atom. The maximum Gasteiger partial charge on any atom is 0.294 e. The zero-order valence-electron chi connectivity index (χ0n) is 23.4. The SMILES string of the molecule is N=C(N)c1ccc(CNC(=O)Cn2c(-c3ccc(-c4ccccc4)cc3)c(Cl)nc(NCCc3ccccc3)c2=O)cc1. The number of anilines is 1. The average Bonchev–Trinajstić information content (AvgIpc) is 3.03. The van der Waals surface area contributed by atoms with Crippen LogP contribution in [-0.2, 0) is 24.3 Å². The van der Waals surface area contributed by atoms with Crippen LogP contribution >= 0.6 is 11.6 Å². The molecule has 43 heavy (non-hydrogen) atoms. The first-order chi connectivity index (χ1) is 20.9. The molecular weight excluding hydrogens is 560 g/mol. The number of carbonyl (C=O) groups is 1. The van der Waals surface area contributed by atoms with Crippen molar-refractivity contribution in [3.05, 3.63) is 141 Å². The van der Waals surface area contributed by atoms with Crippen LogP contribution in [0, 0.1) is 5.41 Å². The van der Waals surface area contributed by atoms with Gasteiger partial charge in [-0.1, -0.05) is 121 Å². The predicted octanol–water partition coefficient (Wildman–Crippen LogP) is 5.49. The van der Waals surface area contributed by atoms with Gasteiger partial charge in [0.2, 0.25) is 5.91 Å². The number of nitrogens with zero attached hydrogens (tertiary/aromatic N) is 2. The summed E-state index contributed by atoms with van der Waals surface area (Å²) in [5.74, 6) is -0.308. The molecule has 1 heterocycles. The van der Waals surface area contributed by atoms with E-state index in [0.29, 0.717) is 29.8 Å². The molecule has 0 aliphatic heterocycles. The number of hydrogen-bond acceptors (Lipinski definition) is 5. The first kappa shape index (κ1) is 29.3. The molecule has 1 amide bonds. The zero-order chi connectivity index (χ0) is 30.2. The number of halogens is 1. The predicted molar refractivity (Wildman–Crippen MR) is 172 cm³/mol. The van der Waals surface area contributed by atoms with E-state index in [1.165, 1.54) is 4.57 Å². The molecule has 5 N–H and O–H groups in total. The quantitative estimate of drug-likeness (QED) is 0.120. The molecule has 8 nitrogen and oxygen atoms in total. The van der Waals surface area contributed by atoms with Crippen LogP contribution in [0.3, 0.4) is 0 Å². The molecule has 0 aliphatic carbocycles. The van der Waals surface area contributed by atoms with E-state index < -0.39 is 5.56 Å². The molecule has 0 bridgehead atoms.